The maximum Gasteiger partial charge on any atom is -0.0161 e. The van der Waals surface area contributed by atoms with Gasteiger partial charge in [-0.25, -0.2) is 0 Å². The molecule has 1 aliphatic carbocycles. The monoisotopic (exact) mass is 148 g/mol. The second-order valence-electron chi connectivity index (χ2n) is 2.92. The quantitative estimate of drug-likeness (QED) is 0.537. The lowest BCUT2D eigenvalue weighted by atomic mass is 9.97. The Labute approximate surface area is 69.3 Å². The molecule has 0 heterocycles. The Morgan fingerprint density at radius 2 is 2.27 bits per heavy atom. The summed E-state index contributed by atoms with van der Waals surface area (Å²) < 4.78 is 0. The van der Waals surface area contributed by atoms with Gasteiger partial charge in [0.25, 0.3) is 0 Å². The highest BCUT2D eigenvalue weighted by atomic mass is 14.1. The van der Waals surface area contributed by atoms with Crippen LogP contribution in [-0.2, 0) is 0 Å². The number of rotatable bonds is 3. The molecule has 0 aliphatic heterocycles. The summed E-state index contributed by atoms with van der Waals surface area (Å²) in [5, 5.41) is 0. The highest BCUT2D eigenvalue weighted by molar-refractivity contribution is 5.11. The molecule has 0 bridgehead atoms. The third kappa shape index (κ3) is 3.22. The third-order valence-electron chi connectivity index (χ3n) is 1.91. The summed E-state index contributed by atoms with van der Waals surface area (Å²) in [5.41, 5.74) is 0. The largest absolute Gasteiger partial charge is 0.0888 e. The summed E-state index contributed by atoms with van der Waals surface area (Å²) in [6, 6.07) is 0. The highest BCUT2D eigenvalue weighted by Gasteiger charge is 2.00. The first-order valence-corrected chi connectivity index (χ1v) is 4.42. The van der Waals surface area contributed by atoms with Gasteiger partial charge in [-0.05, 0) is 25.2 Å². The van der Waals surface area contributed by atoms with Crippen LogP contribution in [0.3, 0.4) is 0 Å². The van der Waals surface area contributed by atoms with E-state index in [2.05, 4.69) is 43.4 Å². The van der Waals surface area contributed by atoms with Crippen LogP contribution in [-0.4, -0.2) is 0 Å². The molecule has 1 unspecified atom stereocenters. The van der Waals surface area contributed by atoms with Gasteiger partial charge in [0.1, 0.15) is 0 Å². The van der Waals surface area contributed by atoms with E-state index in [-0.39, 0.29) is 0 Å². The van der Waals surface area contributed by atoms with E-state index in [0.29, 0.717) is 0 Å². The van der Waals surface area contributed by atoms with E-state index in [4.69, 9.17) is 0 Å². The molecule has 1 atom stereocenters. The fourth-order valence-electron chi connectivity index (χ4n) is 1.24. The maximum atomic E-state index is 2.29. The molecule has 0 saturated carbocycles. The van der Waals surface area contributed by atoms with Crippen molar-refractivity contribution < 1.29 is 0 Å². The van der Waals surface area contributed by atoms with Crippen LogP contribution in [0.2, 0.25) is 0 Å². The lowest BCUT2D eigenvalue weighted by Gasteiger charge is -2.08. The van der Waals surface area contributed by atoms with Gasteiger partial charge in [0.05, 0.1) is 0 Å². The number of allylic oxidation sites excluding steroid dienone is 6. The molecule has 0 amide bonds. The van der Waals surface area contributed by atoms with E-state index in [1.807, 2.05) is 0 Å². The Morgan fingerprint density at radius 3 is 2.91 bits per heavy atom. The second kappa shape index (κ2) is 4.95. The molecule has 0 spiro atoms. The minimum atomic E-state index is 0.753. The van der Waals surface area contributed by atoms with Crippen LogP contribution in [0.5, 0.6) is 0 Å². The van der Waals surface area contributed by atoms with E-state index >= 15 is 0 Å². The average molecular weight is 148 g/mol. The summed E-state index contributed by atoms with van der Waals surface area (Å²) in [6.07, 6.45) is 16.9. The van der Waals surface area contributed by atoms with Crippen molar-refractivity contribution >= 4 is 0 Å². The lowest BCUT2D eigenvalue weighted by Crippen LogP contribution is -1.94. The van der Waals surface area contributed by atoms with Crippen molar-refractivity contribution in [1.82, 2.24) is 0 Å². The van der Waals surface area contributed by atoms with Crippen molar-refractivity contribution in [1.29, 1.82) is 0 Å². The topological polar surface area (TPSA) is 0 Å². The molecule has 1 rings (SSSR count). The van der Waals surface area contributed by atoms with Crippen molar-refractivity contribution in [2.24, 2.45) is 5.92 Å². The lowest BCUT2D eigenvalue weighted by molar-refractivity contribution is 0.668. The van der Waals surface area contributed by atoms with Crippen LogP contribution in [0, 0.1) is 5.92 Å². The van der Waals surface area contributed by atoms with Crippen LogP contribution < -0.4 is 0 Å². The molecule has 0 fully saturated rings. The average Bonchev–Trinajstić information content (AvgIpc) is 2.07. The van der Waals surface area contributed by atoms with Crippen LogP contribution in [0.15, 0.2) is 36.5 Å². The fraction of sp³-hybridized carbons (Fsp3) is 0.455. The van der Waals surface area contributed by atoms with Crippen molar-refractivity contribution in [3.05, 3.63) is 36.5 Å². The highest BCUT2D eigenvalue weighted by Crippen LogP contribution is 2.15. The van der Waals surface area contributed by atoms with Gasteiger partial charge in [-0.15, -0.1) is 0 Å². The summed E-state index contributed by atoms with van der Waals surface area (Å²) in [4.78, 5) is 0. The van der Waals surface area contributed by atoms with Gasteiger partial charge in [-0.3, -0.25) is 0 Å². The maximum absolute atomic E-state index is 2.29. The zero-order chi connectivity index (χ0) is 7.94. The van der Waals surface area contributed by atoms with Crippen LogP contribution in [0.1, 0.15) is 26.2 Å². The molecule has 0 N–H and O–H groups in total. The van der Waals surface area contributed by atoms with Gasteiger partial charge >= 0.3 is 0 Å². The number of hydrogen-bond acceptors (Lipinski definition) is 0. The van der Waals surface area contributed by atoms with E-state index < -0.39 is 0 Å². The minimum absolute atomic E-state index is 0.753. The molecule has 0 radical (unpaired) electrons. The molecular weight excluding hydrogens is 132 g/mol. The van der Waals surface area contributed by atoms with Gasteiger partial charge < -0.3 is 0 Å². The minimum Gasteiger partial charge on any atom is -0.0888 e. The van der Waals surface area contributed by atoms with Crippen molar-refractivity contribution in [3.8, 4) is 0 Å². The summed E-state index contributed by atoms with van der Waals surface area (Å²) in [7, 11) is 0. The van der Waals surface area contributed by atoms with Crippen molar-refractivity contribution in [2.45, 2.75) is 26.2 Å². The Bertz CT molecular complexity index is 172. The van der Waals surface area contributed by atoms with E-state index in [9.17, 15) is 0 Å². The molecule has 0 aromatic heterocycles. The first-order valence-electron chi connectivity index (χ1n) is 4.42. The normalized spacial score (nSPS) is 23.2. The Balaban J connectivity index is 2.22. The molecular formula is C11H16. The molecule has 0 nitrogen and oxygen atoms in total. The molecule has 1 aliphatic rings. The van der Waals surface area contributed by atoms with Gasteiger partial charge in [0.2, 0.25) is 0 Å². The predicted molar refractivity (Wildman–Crippen MR) is 50.4 cm³/mol. The standard InChI is InChI=1S/C11H16/c1-2-3-5-8-11-9-6-4-7-10-11/h3-7,9,11H,2,8,10H2,1H3/b5-3-. The molecule has 11 heavy (non-hydrogen) atoms. The van der Waals surface area contributed by atoms with Gasteiger partial charge in [-0.1, -0.05) is 43.4 Å². The van der Waals surface area contributed by atoms with E-state index in [1.165, 1.54) is 12.8 Å². The van der Waals surface area contributed by atoms with Gasteiger partial charge in [0, 0.05) is 0 Å². The van der Waals surface area contributed by atoms with Crippen LogP contribution in [0.4, 0.5) is 0 Å². The summed E-state index contributed by atoms with van der Waals surface area (Å²) in [5.74, 6) is 0.753. The molecule has 0 saturated heterocycles. The predicted octanol–water partition coefficient (Wildman–Crippen LogP) is 3.48. The summed E-state index contributed by atoms with van der Waals surface area (Å²) in [6.45, 7) is 2.17. The van der Waals surface area contributed by atoms with Gasteiger partial charge in [0.15, 0.2) is 0 Å². The zero-order valence-corrected chi connectivity index (χ0v) is 7.16. The third-order valence-corrected chi connectivity index (χ3v) is 1.91. The SMILES string of the molecule is CC/C=C\CC1C=CC=CC1. The fourth-order valence-corrected chi connectivity index (χ4v) is 1.24. The van der Waals surface area contributed by atoms with Gasteiger partial charge in [-0.2, -0.15) is 0 Å². The van der Waals surface area contributed by atoms with Crippen molar-refractivity contribution in [3.63, 3.8) is 0 Å². The second-order valence-corrected chi connectivity index (χ2v) is 2.92. The zero-order valence-electron chi connectivity index (χ0n) is 7.16. The first kappa shape index (κ1) is 8.32. The van der Waals surface area contributed by atoms with E-state index in [0.717, 1.165) is 12.3 Å². The van der Waals surface area contributed by atoms with Crippen LogP contribution in [0.25, 0.3) is 0 Å². The Morgan fingerprint density at radius 1 is 1.36 bits per heavy atom. The van der Waals surface area contributed by atoms with Crippen LogP contribution >= 0.6 is 0 Å². The molecule has 0 aromatic rings. The Hall–Kier alpha value is -0.780. The van der Waals surface area contributed by atoms with E-state index in [1.54, 1.807) is 0 Å². The molecule has 60 valence electrons. The number of hydrogen-bond donors (Lipinski definition) is 0. The van der Waals surface area contributed by atoms with Crippen molar-refractivity contribution in [2.75, 3.05) is 0 Å². The summed E-state index contributed by atoms with van der Waals surface area (Å²) >= 11 is 0. The first-order chi connectivity index (χ1) is 5.43. The molecule has 0 aromatic carbocycles. The Kier molecular flexibility index (Phi) is 3.74. The molecule has 0 heteroatoms. The smallest absolute Gasteiger partial charge is 0.0161 e.